The molecular weight excluding hydrogens is 494 g/mol. The first-order valence-corrected chi connectivity index (χ1v) is 11.6. The molecule has 0 saturated carbocycles. The Balaban J connectivity index is 1.78. The number of ether oxygens (including phenoxy) is 1. The van der Waals surface area contributed by atoms with Crippen LogP contribution in [0, 0.1) is 23.3 Å². The number of hydrogen-bond acceptors (Lipinski definition) is 4. The van der Waals surface area contributed by atoms with E-state index >= 15 is 0 Å². The predicted molar refractivity (Wildman–Crippen MR) is 123 cm³/mol. The maximum atomic E-state index is 14.6. The Morgan fingerprint density at radius 2 is 1.43 bits per heavy atom. The largest absolute Gasteiger partial charge is 0.393 e. The summed E-state index contributed by atoms with van der Waals surface area (Å²) in [7, 11) is 0. The van der Waals surface area contributed by atoms with Gasteiger partial charge in [-0.15, -0.1) is 0 Å². The van der Waals surface area contributed by atoms with Gasteiger partial charge in [-0.3, -0.25) is 14.9 Å². The van der Waals surface area contributed by atoms with Gasteiger partial charge in [0.1, 0.15) is 12.0 Å². The first-order valence-electron chi connectivity index (χ1n) is 11.6. The summed E-state index contributed by atoms with van der Waals surface area (Å²) in [5, 5.41) is 13.8. The van der Waals surface area contributed by atoms with Crippen molar-refractivity contribution < 1.29 is 37.0 Å². The van der Waals surface area contributed by atoms with Gasteiger partial charge in [-0.05, 0) is 19.1 Å². The third-order valence-electron chi connectivity index (χ3n) is 7.95. The predicted octanol–water partition coefficient (Wildman–Crippen LogP) is 4.70. The number of aliphatic hydroxyl groups is 1. The van der Waals surface area contributed by atoms with Crippen molar-refractivity contribution in [3.8, 4) is 0 Å². The van der Waals surface area contributed by atoms with Crippen LogP contribution in [0.1, 0.15) is 46.7 Å². The second kappa shape index (κ2) is 6.29. The van der Waals surface area contributed by atoms with Crippen molar-refractivity contribution in [2.24, 2.45) is 0 Å². The van der Waals surface area contributed by atoms with Gasteiger partial charge in [-0.1, -0.05) is 0 Å². The van der Waals surface area contributed by atoms with E-state index < -0.39 is 53.1 Å². The van der Waals surface area contributed by atoms with Crippen LogP contribution in [0.3, 0.4) is 0 Å². The lowest BCUT2D eigenvalue weighted by molar-refractivity contribution is -0.214. The van der Waals surface area contributed by atoms with Crippen LogP contribution in [0.15, 0.2) is 24.3 Å². The van der Waals surface area contributed by atoms with E-state index in [9.17, 15) is 32.3 Å². The lowest BCUT2D eigenvalue weighted by atomic mass is 9.96. The van der Waals surface area contributed by atoms with Crippen molar-refractivity contribution in [2.75, 3.05) is 0 Å². The number of fused-ring (bicyclic) bond motifs is 13. The number of rotatable bonds is 0. The molecular formula is C26H15F4N3O4. The molecule has 0 spiro atoms. The maximum Gasteiger partial charge on any atom is 0.259 e. The molecule has 11 heteroatoms. The number of aliphatic hydroxyl groups excluding tert-OH is 1. The van der Waals surface area contributed by atoms with Crippen LogP contribution in [0.2, 0.25) is 0 Å². The van der Waals surface area contributed by atoms with Gasteiger partial charge in [0, 0.05) is 46.5 Å². The molecule has 37 heavy (non-hydrogen) atoms. The van der Waals surface area contributed by atoms with Crippen molar-refractivity contribution >= 4 is 55.4 Å². The average Bonchev–Trinajstić information content (AvgIpc) is 3.39. The Bertz CT molecular complexity index is 1980. The molecule has 1 fully saturated rings. The lowest BCUT2D eigenvalue weighted by Gasteiger charge is -2.41. The summed E-state index contributed by atoms with van der Waals surface area (Å²) in [6, 6.07) is 3.88. The molecule has 2 N–H and O–H groups in total. The van der Waals surface area contributed by atoms with Crippen LogP contribution in [-0.2, 0) is 10.5 Å². The number of carbonyl (C=O) groups is 2. The summed E-state index contributed by atoms with van der Waals surface area (Å²) in [5.74, 6) is -6.06. The van der Waals surface area contributed by atoms with Crippen LogP contribution < -0.4 is 5.32 Å². The van der Waals surface area contributed by atoms with Gasteiger partial charge in [0.15, 0.2) is 23.3 Å². The minimum absolute atomic E-state index is 0.0619. The van der Waals surface area contributed by atoms with Crippen molar-refractivity contribution in [1.82, 2.24) is 14.5 Å². The van der Waals surface area contributed by atoms with Crippen LogP contribution in [0.25, 0.3) is 43.6 Å². The third-order valence-corrected chi connectivity index (χ3v) is 7.95. The Labute approximate surface area is 203 Å². The highest BCUT2D eigenvalue weighted by molar-refractivity contribution is 6.39. The van der Waals surface area contributed by atoms with Gasteiger partial charge in [-0.2, -0.15) is 0 Å². The summed E-state index contributed by atoms with van der Waals surface area (Å²) < 4.78 is 68.0. The highest BCUT2D eigenvalue weighted by atomic mass is 19.2. The monoisotopic (exact) mass is 509 g/mol. The van der Waals surface area contributed by atoms with E-state index in [2.05, 4.69) is 5.32 Å². The first kappa shape index (κ1) is 21.2. The van der Waals surface area contributed by atoms with Crippen molar-refractivity contribution in [1.29, 1.82) is 0 Å². The number of hydrogen-bond donors (Lipinski definition) is 2. The number of benzene rings is 3. The lowest BCUT2D eigenvalue weighted by Crippen LogP contribution is -2.43. The zero-order valence-electron chi connectivity index (χ0n) is 19.0. The molecule has 3 aliphatic rings. The Morgan fingerprint density at radius 1 is 0.892 bits per heavy atom. The molecule has 1 saturated heterocycles. The molecule has 2 amide bonds. The molecule has 3 aliphatic heterocycles. The Kier molecular flexibility index (Phi) is 3.60. The fraction of sp³-hybridized carbons (Fsp3) is 0.231. The molecule has 0 radical (unpaired) electrons. The maximum absolute atomic E-state index is 14.6. The van der Waals surface area contributed by atoms with E-state index in [1.54, 1.807) is 16.1 Å². The van der Waals surface area contributed by atoms with Gasteiger partial charge in [-0.25, -0.2) is 17.6 Å². The normalized spacial score (nSPS) is 24.6. The van der Waals surface area contributed by atoms with Gasteiger partial charge >= 0.3 is 0 Å². The van der Waals surface area contributed by atoms with Crippen molar-refractivity contribution in [2.45, 2.75) is 37.8 Å². The van der Waals surface area contributed by atoms with Crippen molar-refractivity contribution in [3.63, 3.8) is 0 Å². The minimum atomic E-state index is -1.29. The number of carbonyl (C=O) groups excluding carboxylic acids is 2. The first-order chi connectivity index (χ1) is 17.6. The number of imide groups is 1. The van der Waals surface area contributed by atoms with E-state index in [4.69, 9.17) is 4.74 Å². The number of nitrogens with zero attached hydrogens (tertiary/aromatic N) is 2. The number of amides is 2. The van der Waals surface area contributed by atoms with Gasteiger partial charge < -0.3 is 19.0 Å². The molecule has 7 nitrogen and oxygen atoms in total. The van der Waals surface area contributed by atoms with Crippen LogP contribution in [-0.4, -0.2) is 32.2 Å². The van der Waals surface area contributed by atoms with E-state index in [0.29, 0.717) is 11.0 Å². The highest BCUT2D eigenvalue weighted by Gasteiger charge is 2.47. The molecule has 3 aromatic carbocycles. The third kappa shape index (κ3) is 2.30. The molecule has 2 aromatic heterocycles. The molecule has 8 rings (SSSR count). The standard InChI is InChI=1S/C26H15F4N3O4/c1-26-7-8(34)2-17(37-26)32-15-5-13(29)11(27)3-9(15)18-20-21(25(36)31-24(20)35)19-10-4-12(28)14(30)6-16(10)33(26)23(19)22(18)32/h3-6,8,17,34H,2,7H2,1H3,(H,31,35,36)/t8-,17-,26+/m1/s1. The molecule has 186 valence electrons. The van der Waals surface area contributed by atoms with E-state index in [1.165, 1.54) is 0 Å². The van der Waals surface area contributed by atoms with Crippen molar-refractivity contribution in [3.05, 3.63) is 58.7 Å². The average molecular weight is 509 g/mol. The number of halogens is 4. The molecule has 5 heterocycles. The van der Waals surface area contributed by atoms with E-state index in [0.717, 1.165) is 24.3 Å². The summed E-state index contributed by atoms with van der Waals surface area (Å²) in [6.45, 7) is 1.68. The van der Waals surface area contributed by atoms with E-state index in [-0.39, 0.29) is 56.5 Å². The molecule has 2 bridgehead atoms. The fourth-order valence-electron chi connectivity index (χ4n) is 6.72. The highest BCUT2D eigenvalue weighted by Crippen LogP contribution is 2.53. The fourth-order valence-corrected chi connectivity index (χ4v) is 6.72. The molecule has 0 unspecified atom stereocenters. The zero-order chi connectivity index (χ0) is 25.7. The summed E-state index contributed by atoms with van der Waals surface area (Å²) >= 11 is 0. The second-order valence-corrected chi connectivity index (χ2v) is 10.1. The summed E-state index contributed by atoms with van der Waals surface area (Å²) in [6.07, 6.45) is -1.59. The van der Waals surface area contributed by atoms with Crippen LogP contribution >= 0.6 is 0 Å². The van der Waals surface area contributed by atoms with Gasteiger partial charge in [0.25, 0.3) is 11.8 Å². The molecule has 0 aliphatic carbocycles. The smallest absolute Gasteiger partial charge is 0.259 e. The Hall–Kier alpha value is -3.96. The topological polar surface area (TPSA) is 85.5 Å². The van der Waals surface area contributed by atoms with Crippen LogP contribution in [0.4, 0.5) is 17.6 Å². The number of nitrogens with one attached hydrogen (secondary N) is 1. The second-order valence-electron chi connectivity index (χ2n) is 10.1. The van der Waals surface area contributed by atoms with E-state index in [1.807, 2.05) is 0 Å². The molecule has 5 aromatic rings. The van der Waals surface area contributed by atoms with Crippen LogP contribution in [0.5, 0.6) is 0 Å². The zero-order valence-corrected chi connectivity index (χ0v) is 19.0. The minimum Gasteiger partial charge on any atom is -0.393 e. The quantitative estimate of drug-likeness (QED) is 0.234. The van der Waals surface area contributed by atoms with Gasteiger partial charge in [0.2, 0.25) is 0 Å². The van der Waals surface area contributed by atoms with Gasteiger partial charge in [0.05, 0.1) is 39.3 Å². The SMILES string of the molecule is C[C@@]12C[C@H](O)C[C@@H](O1)n1c3cc(F)c(F)cc3c3c4c(c5c6cc(F)c(F)cc6n2c5c31)C(=O)NC4=O. The number of aromatic nitrogens is 2. The summed E-state index contributed by atoms with van der Waals surface area (Å²) in [5.41, 5.74) is -0.417. The summed E-state index contributed by atoms with van der Waals surface area (Å²) in [4.78, 5) is 26.3. The Morgan fingerprint density at radius 3 is 2.08 bits per heavy atom. The molecule has 3 atom stereocenters.